The molecular weight excluding hydrogens is 182 g/mol. The number of unbranched alkanes of at least 4 members (excludes halogenated alkanes) is 1. The van der Waals surface area contributed by atoms with Crippen molar-refractivity contribution in [3.63, 3.8) is 0 Å². The molecule has 0 rings (SSSR count). The lowest BCUT2D eigenvalue weighted by Crippen LogP contribution is -2.39. The number of rotatable bonds is 5. The molecule has 0 heterocycles. The Bertz CT molecular complexity index is 129. The molecule has 0 aromatic carbocycles. The molecule has 0 N–H and O–H groups in total. The molecule has 0 aliphatic rings. The Morgan fingerprint density at radius 2 is 1.77 bits per heavy atom. The van der Waals surface area contributed by atoms with E-state index in [1.54, 1.807) is 0 Å². The van der Waals surface area contributed by atoms with Gasteiger partial charge in [0.25, 0.3) is 0 Å². The Morgan fingerprint density at radius 3 is 2.15 bits per heavy atom. The van der Waals surface area contributed by atoms with Crippen LogP contribution in [-0.2, 0) is 0 Å². The van der Waals surface area contributed by atoms with Crippen LogP contribution in [0.15, 0.2) is 0 Å². The van der Waals surface area contributed by atoms with E-state index < -0.39 is 0 Å². The van der Waals surface area contributed by atoms with Gasteiger partial charge in [0.2, 0.25) is 0 Å². The van der Waals surface area contributed by atoms with Crippen LogP contribution in [0.3, 0.4) is 0 Å². The first-order valence-corrected chi connectivity index (χ1v) is 5.69. The first kappa shape index (κ1) is 13.2. The molecule has 0 aliphatic carbocycles. The quantitative estimate of drug-likeness (QED) is 0.492. The number of nitrogens with zero attached hydrogens (tertiary/aromatic N) is 1. The summed E-state index contributed by atoms with van der Waals surface area (Å²) in [6, 6.07) is 0.628. The lowest BCUT2D eigenvalue weighted by molar-refractivity contribution is 0.139. The summed E-state index contributed by atoms with van der Waals surface area (Å²) in [6.45, 7) is 10.3. The molecule has 0 aromatic heterocycles. The van der Waals surface area contributed by atoms with Crippen LogP contribution in [-0.4, -0.2) is 30.4 Å². The van der Waals surface area contributed by atoms with Crippen LogP contribution in [0.4, 0.5) is 0 Å². The van der Waals surface area contributed by atoms with Gasteiger partial charge in [0, 0.05) is 11.9 Å². The minimum Gasteiger partial charge on any atom is -0.303 e. The molecule has 2 heteroatoms. The number of hydrogen-bond donors (Lipinski definition) is 0. The van der Waals surface area contributed by atoms with Gasteiger partial charge in [0.05, 0.1) is 0 Å². The average Bonchev–Trinajstić information content (AvgIpc) is 2.01. The zero-order valence-corrected chi connectivity index (χ0v) is 10.5. The van der Waals surface area contributed by atoms with Crippen molar-refractivity contribution in [2.75, 3.05) is 19.5 Å². The maximum atomic E-state index is 5.64. The van der Waals surface area contributed by atoms with Gasteiger partial charge in [-0.2, -0.15) is 0 Å². The molecule has 0 radical (unpaired) electrons. The van der Waals surface area contributed by atoms with Gasteiger partial charge >= 0.3 is 0 Å². The van der Waals surface area contributed by atoms with Gasteiger partial charge < -0.3 is 4.90 Å². The predicted molar refractivity (Wildman–Crippen MR) is 61.5 cm³/mol. The van der Waals surface area contributed by atoms with Crippen molar-refractivity contribution >= 4 is 11.6 Å². The highest BCUT2D eigenvalue weighted by molar-refractivity contribution is 6.17. The fourth-order valence-corrected chi connectivity index (χ4v) is 1.50. The van der Waals surface area contributed by atoms with Crippen LogP contribution in [0.2, 0.25) is 0 Å². The van der Waals surface area contributed by atoms with E-state index in [9.17, 15) is 0 Å². The van der Waals surface area contributed by atoms with Crippen LogP contribution >= 0.6 is 11.6 Å². The Kier molecular flexibility index (Phi) is 5.98. The lowest BCUT2D eigenvalue weighted by Gasteiger charge is -2.35. The third-order valence-electron chi connectivity index (χ3n) is 2.81. The maximum absolute atomic E-state index is 5.64. The van der Waals surface area contributed by atoms with E-state index in [0.29, 0.717) is 11.5 Å². The zero-order valence-electron chi connectivity index (χ0n) is 9.73. The molecule has 13 heavy (non-hydrogen) atoms. The molecule has 0 bridgehead atoms. The van der Waals surface area contributed by atoms with E-state index in [1.165, 1.54) is 6.42 Å². The van der Waals surface area contributed by atoms with Gasteiger partial charge in [-0.05, 0) is 38.8 Å². The SMILES string of the molecule is CC(N(C)CCCCCl)C(C)(C)C. The van der Waals surface area contributed by atoms with E-state index in [1.807, 2.05) is 0 Å². The standard InChI is InChI=1S/C11H24ClN/c1-10(11(2,3)4)13(5)9-7-6-8-12/h10H,6-9H2,1-5H3. The lowest BCUT2D eigenvalue weighted by atomic mass is 9.87. The summed E-state index contributed by atoms with van der Waals surface area (Å²) >= 11 is 5.64. The maximum Gasteiger partial charge on any atom is 0.0223 e. The second kappa shape index (κ2) is 5.87. The second-order valence-electron chi connectivity index (χ2n) is 4.92. The molecule has 0 fully saturated rings. The van der Waals surface area contributed by atoms with Crippen molar-refractivity contribution in [2.45, 2.75) is 46.6 Å². The third kappa shape index (κ3) is 5.53. The van der Waals surface area contributed by atoms with Gasteiger partial charge in [-0.3, -0.25) is 0 Å². The molecule has 1 nitrogen and oxygen atoms in total. The fraction of sp³-hybridized carbons (Fsp3) is 1.00. The molecule has 1 unspecified atom stereocenters. The van der Waals surface area contributed by atoms with Crippen LogP contribution in [0.1, 0.15) is 40.5 Å². The van der Waals surface area contributed by atoms with Crippen LogP contribution in [0.5, 0.6) is 0 Å². The van der Waals surface area contributed by atoms with Crippen molar-refractivity contribution in [1.29, 1.82) is 0 Å². The summed E-state index contributed by atoms with van der Waals surface area (Å²) in [6.07, 6.45) is 2.34. The smallest absolute Gasteiger partial charge is 0.0223 e. The van der Waals surface area contributed by atoms with E-state index in [0.717, 1.165) is 18.8 Å². The van der Waals surface area contributed by atoms with Crippen molar-refractivity contribution in [3.05, 3.63) is 0 Å². The second-order valence-corrected chi connectivity index (χ2v) is 5.30. The van der Waals surface area contributed by atoms with Crippen LogP contribution in [0.25, 0.3) is 0 Å². The van der Waals surface area contributed by atoms with Crippen LogP contribution < -0.4 is 0 Å². The molecular formula is C11H24ClN. The molecule has 1 atom stereocenters. The highest BCUT2D eigenvalue weighted by atomic mass is 35.5. The minimum atomic E-state index is 0.371. The first-order chi connectivity index (χ1) is 5.89. The highest BCUT2D eigenvalue weighted by Gasteiger charge is 2.22. The summed E-state index contributed by atoms with van der Waals surface area (Å²) in [7, 11) is 2.20. The monoisotopic (exact) mass is 205 g/mol. The van der Waals surface area contributed by atoms with Crippen molar-refractivity contribution in [3.8, 4) is 0 Å². The topological polar surface area (TPSA) is 3.24 Å². The highest BCUT2D eigenvalue weighted by Crippen LogP contribution is 2.22. The van der Waals surface area contributed by atoms with Gasteiger partial charge in [0.1, 0.15) is 0 Å². The summed E-state index contributed by atoms with van der Waals surface area (Å²) in [4.78, 5) is 2.42. The first-order valence-electron chi connectivity index (χ1n) is 5.15. The molecule has 0 aromatic rings. The third-order valence-corrected chi connectivity index (χ3v) is 3.08. The van der Waals surface area contributed by atoms with Gasteiger partial charge in [0.15, 0.2) is 0 Å². The Balaban J connectivity index is 3.76. The number of hydrogen-bond acceptors (Lipinski definition) is 1. The normalized spacial score (nSPS) is 15.0. The molecule has 0 aliphatic heterocycles. The Hall–Kier alpha value is 0.250. The molecule has 0 amide bonds. The molecule has 0 saturated heterocycles. The summed E-state index contributed by atoms with van der Waals surface area (Å²) < 4.78 is 0. The summed E-state index contributed by atoms with van der Waals surface area (Å²) in [5.74, 6) is 0.789. The number of alkyl halides is 1. The van der Waals surface area contributed by atoms with E-state index in [-0.39, 0.29) is 0 Å². The minimum absolute atomic E-state index is 0.371. The Morgan fingerprint density at radius 1 is 1.23 bits per heavy atom. The van der Waals surface area contributed by atoms with E-state index in [4.69, 9.17) is 11.6 Å². The zero-order chi connectivity index (χ0) is 10.5. The predicted octanol–water partition coefficient (Wildman–Crippen LogP) is 3.37. The largest absolute Gasteiger partial charge is 0.303 e. The van der Waals surface area contributed by atoms with E-state index >= 15 is 0 Å². The summed E-state index contributed by atoms with van der Waals surface area (Å²) in [5.41, 5.74) is 0.371. The average molecular weight is 206 g/mol. The van der Waals surface area contributed by atoms with Crippen molar-refractivity contribution in [1.82, 2.24) is 4.90 Å². The van der Waals surface area contributed by atoms with Crippen molar-refractivity contribution in [2.24, 2.45) is 5.41 Å². The van der Waals surface area contributed by atoms with Gasteiger partial charge in [-0.25, -0.2) is 0 Å². The fourth-order valence-electron chi connectivity index (χ4n) is 1.31. The van der Waals surface area contributed by atoms with E-state index in [2.05, 4.69) is 39.6 Å². The molecule has 0 saturated carbocycles. The van der Waals surface area contributed by atoms with Crippen LogP contribution in [0, 0.1) is 5.41 Å². The van der Waals surface area contributed by atoms with Gasteiger partial charge in [-0.15, -0.1) is 11.6 Å². The molecule has 0 spiro atoms. The van der Waals surface area contributed by atoms with Gasteiger partial charge in [-0.1, -0.05) is 20.8 Å². The summed E-state index contributed by atoms with van der Waals surface area (Å²) in [5, 5.41) is 0. The number of halogens is 1. The van der Waals surface area contributed by atoms with Crippen molar-refractivity contribution < 1.29 is 0 Å². The Labute approximate surface area is 88.5 Å². The molecule has 80 valence electrons.